The lowest BCUT2D eigenvalue weighted by Crippen LogP contribution is -2.04. The van der Waals surface area contributed by atoms with E-state index in [-0.39, 0.29) is 5.38 Å². The van der Waals surface area contributed by atoms with Gasteiger partial charge in [0.2, 0.25) is 0 Å². The first-order valence-electron chi connectivity index (χ1n) is 6.00. The van der Waals surface area contributed by atoms with Crippen molar-refractivity contribution in [2.24, 2.45) is 5.92 Å². The van der Waals surface area contributed by atoms with Gasteiger partial charge in [0.05, 0.1) is 19.6 Å². The number of halogens is 1. The van der Waals surface area contributed by atoms with Crippen LogP contribution < -0.4 is 9.47 Å². The lowest BCUT2D eigenvalue weighted by molar-refractivity contribution is 0.354. The lowest BCUT2D eigenvalue weighted by Gasteiger charge is -2.19. The summed E-state index contributed by atoms with van der Waals surface area (Å²) < 4.78 is 10.5. The molecule has 0 bridgehead atoms. The molecule has 96 valence electrons. The number of hydrogen-bond acceptors (Lipinski definition) is 2. The van der Waals surface area contributed by atoms with Gasteiger partial charge in [-0.15, -0.1) is 11.6 Å². The molecule has 0 aliphatic carbocycles. The van der Waals surface area contributed by atoms with Gasteiger partial charge in [-0.25, -0.2) is 0 Å². The molecule has 0 amide bonds. The van der Waals surface area contributed by atoms with Gasteiger partial charge in [0.1, 0.15) is 0 Å². The van der Waals surface area contributed by atoms with Gasteiger partial charge in [-0.2, -0.15) is 0 Å². The van der Waals surface area contributed by atoms with Crippen molar-refractivity contribution in [1.29, 1.82) is 0 Å². The third kappa shape index (κ3) is 3.53. The van der Waals surface area contributed by atoms with Gasteiger partial charge in [-0.1, -0.05) is 26.3 Å². The van der Waals surface area contributed by atoms with Crippen LogP contribution in [0.2, 0.25) is 0 Å². The highest BCUT2D eigenvalue weighted by atomic mass is 35.5. The number of benzene rings is 1. The fraction of sp³-hybridized carbons (Fsp3) is 0.571. The van der Waals surface area contributed by atoms with E-state index in [1.54, 1.807) is 14.2 Å². The zero-order valence-electron chi connectivity index (χ0n) is 11.0. The molecule has 17 heavy (non-hydrogen) atoms. The Morgan fingerprint density at radius 1 is 1.18 bits per heavy atom. The van der Waals surface area contributed by atoms with E-state index in [4.69, 9.17) is 21.1 Å². The average Bonchev–Trinajstić information content (AvgIpc) is 2.37. The van der Waals surface area contributed by atoms with Crippen LogP contribution in [0.15, 0.2) is 18.2 Å². The standard InChI is InChI=1S/C14H21ClO2/c1-5-6-10(2)14(15)11-7-8-12(16-3)13(9-11)17-4/h7-10,14H,5-6H2,1-4H3. The van der Waals surface area contributed by atoms with Crippen LogP contribution in [0, 0.1) is 5.92 Å². The molecule has 0 heterocycles. The van der Waals surface area contributed by atoms with E-state index < -0.39 is 0 Å². The maximum atomic E-state index is 6.46. The molecule has 0 saturated heterocycles. The molecule has 0 spiro atoms. The topological polar surface area (TPSA) is 18.5 Å². The molecule has 0 aliphatic heterocycles. The molecule has 1 rings (SSSR count). The van der Waals surface area contributed by atoms with E-state index in [1.807, 2.05) is 18.2 Å². The minimum Gasteiger partial charge on any atom is -0.493 e. The third-order valence-electron chi connectivity index (χ3n) is 2.97. The predicted octanol–water partition coefficient (Wildman–Crippen LogP) is 4.42. The molecule has 2 unspecified atom stereocenters. The summed E-state index contributed by atoms with van der Waals surface area (Å²) in [6.07, 6.45) is 2.28. The van der Waals surface area contributed by atoms with Crippen LogP contribution in [-0.4, -0.2) is 14.2 Å². The summed E-state index contributed by atoms with van der Waals surface area (Å²) in [4.78, 5) is 0. The van der Waals surface area contributed by atoms with Gasteiger partial charge in [0.25, 0.3) is 0 Å². The SMILES string of the molecule is CCCC(C)C(Cl)c1ccc(OC)c(OC)c1. The van der Waals surface area contributed by atoms with Crippen LogP contribution in [0.5, 0.6) is 11.5 Å². The molecule has 2 nitrogen and oxygen atoms in total. The van der Waals surface area contributed by atoms with Crippen molar-refractivity contribution in [1.82, 2.24) is 0 Å². The van der Waals surface area contributed by atoms with Crippen LogP contribution in [0.1, 0.15) is 37.6 Å². The van der Waals surface area contributed by atoms with Crippen LogP contribution in [0.3, 0.4) is 0 Å². The normalized spacial score (nSPS) is 14.2. The minimum absolute atomic E-state index is 0.0229. The van der Waals surface area contributed by atoms with Crippen molar-refractivity contribution in [2.75, 3.05) is 14.2 Å². The number of rotatable bonds is 6. The molecule has 0 fully saturated rings. The monoisotopic (exact) mass is 256 g/mol. The quantitative estimate of drug-likeness (QED) is 0.702. The number of hydrogen-bond donors (Lipinski definition) is 0. The highest BCUT2D eigenvalue weighted by Gasteiger charge is 2.17. The first kappa shape index (κ1) is 14.2. The van der Waals surface area contributed by atoms with Crippen molar-refractivity contribution in [3.63, 3.8) is 0 Å². The Labute approximate surface area is 109 Å². The van der Waals surface area contributed by atoms with Crippen molar-refractivity contribution in [2.45, 2.75) is 32.1 Å². The summed E-state index contributed by atoms with van der Waals surface area (Å²) in [6, 6.07) is 5.87. The zero-order valence-corrected chi connectivity index (χ0v) is 11.8. The fourth-order valence-corrected chi connectivity index (χ4v) is 2.22. The molecule has 1 aromatic carbocycles. The highest BCUT2D eigenvalue weighted by molar-refractivity contribution is 6.21. The molecule has 0 radical (unpaired) electrons. The second-order valence-corrected chi connectivity index (χ2v) is 4.75. The summed E-state index contributed by atoms with van der Waals surface area (Å²) in [6.45, 7) is 4.35. The average molecular weight is 257 g/mol. The summed E-state index contributed by atoms with van der Waals surface area (Å²) in [7, 11) is 3.27. The van der Waals surface area contributed by atoms with Gasteiger partial charge < -0.3 is 9.47 Å². The lowest BCUT2D eigenvalue weighted by atomic mass is 9.96. The first-order chi connectivity index (χ1) is 8.13. The maximum Gasteiger partial charge on any atom is 0.161 e. The first-order valence-corrected chi connectivity index (χ1v) is 6.43. The van der Waals surface area contributed by atoms with E-state index in [2.05, 4.69) is 13.8 Å². The van der Waals surface area contributed by atoms with Crippen LogP contribution in [-0.2, 0) is 0 Å². The van der Waals surface area contributed by atoms with Crippen molar-refractivity contribution >= 4 is 11.6 Å². The molecular formula is C14H21ClO2. The summed E-state index contributed by atoms with van der Waals surface area (Å²) in [5.74, 6) is 1.93. The Kier molecular flexibility index (Phi) is 5.63. The van der Waals surface area contributed by atoms with E-state index >= 15 is 0 Å². The van der Waals surface area contributed by atoms with E-state index in [0.717, 1.165) is 29.9 Å². The second-order valence-electron chi connectivity index (χ2n) is 4.28. The minimum atomic E-state index is 0.0229. The molecular weight excluding hydrogens is 236 g/mol. The van der Waals surface area contributed by atoms with E-state index in [9.17, 15) is 0 Å². The van der Waals surface area contributed by atoms with E-state index in [0.29, 0.717) is 5.92 Å². The van der Waals surface area contributed by atoms with Crippen molar-refractivity contribution < 1.29 is 9.47 Å². The second kappa shape index (κ2) is 6.75. The van der Waals surface area contributed by atoms with Gasteiger partial charge in [-0.3, -0.25) is 0 Å². The van der Waals surface area contributed by atoms with Crippen LogP contribution in [0.25, 0.3) is 0 Å². The van der Waals surface area contributed by atoms with Crippen molar-refractivity contribution in [3.8, 4) is 11.5 Å². The van der Waals surface area contributed by atoms with Crippen LogP contribution in [0.4, 0.5) is 0 Å². The molecule has 1 aromatic rings. The number of alkyl halides is 1. The third-order valence-corrected chi connectivity index (χ3v) is 3.65. The smallest absolute Gasteiger partial charge is 0.161 e. The molecule has 0 aliphatic rings. The largest absolute Gasteiger partial charge is 0.493 e. The predicted molar refractivity (Wildman–Crippen MR) is 72.2 cm³/mol. The molecule has 3 heteroatoms. The van der Waals surface area contributed by atoms with Gasteiger partial charge in [0, 0.05) is 0 Å². The maximum absolute atomic E-state index is 6.46. The molecule has 2 atom stereocenters. The van der Waals surface area contributed by atoms with E-state index in [1.165, 1.54) is 0 Å². The zero-order chi connectivity index (χ0) is 12.8. The number of methoxy groups -OCH3 is 2. The highest BCUT2D eigenvalue weighted by Crippen LogP contribution is 2.36. The Morgan fingerprint density at radius 3 is 2.35 bits per heavy atom. The fourth-order valence-electron chi connectivity index (χ4n) is 1.95. The summed E-state index contributed by atoms with van der Waals surface area (Å²) in [5.41, 5.74) is 1.09. The Hall–Kier alpha value is -0.890. The summed E-state index contributed by atoms with van der Waals surface area (Å²) in [5, 5.41) is 0.0229. The Morgan fingerprint density at radius 2 is 1.82 bits per heavy atom. The van der Waals surface area contributed by atoms with Crippen molar-refractivity contribution in [3.05, 3.63) is 23.8 Å². The Balaban J connectivity index is 2.91. The van der Waals surface area contributed by atoms with Gasteiger partial charge >= 0.3 is 0 Å². The van der Waals surface area contributed by atoms with Crippen LogP contribution >= 0.6 is 11.6 Å². The van der Waals surface area contributed by atoms with Gasteiger partial charge in [0.15, 0.2) is 11.5 Å². The van der Waals surface area contributed by atoms with Gasteiger partial charge in [-0.05, 0) is 30.0 Å². The molecule has 0 saturated carbocycles. The molecule has 0 aromatic heterocycles. The Bertz CT molecular complexity index is 352. The number of ether oxygens (including phenoxy) is 2. The molecule has 0 N–H and O–H groups in total. The summed E-state index contributed by atoms with van der Waals surface area (Å²) >= 11 is 6.46.